The maximum atomic E-state index is 13.5. The molecule has 2 aromatic carbocycles. The van der Waals surface area contributed by atoms with Crippen LogP contribution in [0, 0.1) is 11.6 Å². The third kappa shape index (κ3) is 5.55. The molecule has 1 amide bonds. The van der Waals surface area contributed by atoms with E-state index in [2.05, 4.69) is 11.8 Å². The van der Waals surface area contributed by atoms with Crippen molar-refractivity contribution in [1.82, 2.24) is 9.80 Å². The van der Waals surface area contributed by atoms with Gasteiger partial charge < -0.3 is 4.90 Å². The van der Waals surface area contributed by atoms with E-state index in [1.807, 2.05) is 11.0 Å². The first-order valence-corrected chi connectivity index (χ1v) is 10.7. The minimum absolute atomic E-state index is 0.0619. The van der Waals surface area contributed by atoms with Gasteiger partial charge in [-0.1, -0.05) is 37.6 Å². The molecule has 0 bridgehead atoms. The molecular formula is C22H26F2N2OS. The van der Waals surface area contributed by atoms with Crippen molar-refractivity contribution in [1.29, 1.82) is 0 Å². The van der Waals surface area contributed by atoms with Gasteiger partial charge in [0.1, 0.15) is 17.0 Å². The summed E-state index contributed by atoms with van der Waals surface area (Å²) in [5.41, 5.74) is 1.82. The van der Waals surface area contributed by atoms with E-state index >= 15 is 0 Å². The number of amides is 1. The Labute approximate surface area is 169 Å². The number of hydrogen-bond donors (Lipinski definition) is 0. The summed E-state index contributed by atoms with van der Waals surface area (Å²) in [5.74, 6) is 0.399. The van der Waals surface area contributed by atoms with Crippen LogP contribution in [0.15, 0.2) is 48.5 Å². The van der Waals surface area contributed by atoms with Crippen LogP contribution in [0.25, 0.3) is 0 Å². The number of nitrogens with zero attached hydrogens (tertiary/aromatic N) is 2. The van der Waals surface area contributed by atoms with E-state index in [1.54, 1.807) is 30.0 Å². The lowest BCUT2D eigenvalue weighted by Crippen LogP contribution is -2.40. The van der Waals surface area contributed by atoms with Crippen molar-refractivity contribution >= 4 is 17.7 Å². The Bertz CT molecular complexity index is 784. The second kappa shape index (κ2) is 10.0. The van der Waals surface area contributed by atoms with E-state index in [9.17, 15) is 13.6 Å². The number of rotatable bonds is 8. The van der Waals surface area contributed by atoms with Crippen molar-refractivity contribution in [3.8, 4) is 0 Å². The van der Waals surface area contributed by atoms with Gasteiger partial charge in [0.25, 0.3) is 0 Å². The maximum absolute atomic E-state index is 13.5. The Balaban J connectivity index is 1.68. The number of unbranched alkanes of at least 4 members (excludes halogenated alkanes) is 1. The first-order valence-electron chi connectivity index (χ1n) is 9.70. The Kier molecular flexibility index (Phi) is 7.45. The minimum atomic E-state index is -0.273. The first-order chi connectivity index (χ1) is 13.6. The lowest BCUT2D eigenvalue weighted by Gasteiger charge is -2.28. The van der Waals surface area contributed by atoms with Gasteiger partial charge in [-0.25, -0.2) is 8.78 Å². The summed E-state index contributed by atoms with van der Waals surface area (Å²) in [6.07, 6.45) is 2.02. The summed E-state index contributed by atoms with van der Waals surface area (Å²) in [5, 5.41) is -0.0738. The van der Waals surface area contributed by atoms with Crippen molar-refractivity contribution in [2.75, 3.05) is 25.4 Å². The van der Waals surface area contributed by atoms with Crippen LogP contribution in [0.2, 0.25) is 0 Å². The summed E-state index contributed by atoms with van der Waals surface area (Å²) < 4.78 is 26.8. The lowest BCUT2D eigenvalue weighted by molar-refractivity contribution is -0.132. The molecular weight excluding hydrogens is 378 g/mol. The van der Waals surface area contributed by atoms with Crippen LogP contribution in [-0.2, 0) is 11.3 Å². The molecule has 0 aliphatic carbocycles. The summed E-state index contributed by atoms with van der Waals surface area (Å²) in [6, 6.07) is 12.9. The molecule has 1 fully saturated rings. The normalized spacial score (nSPS) is 16.7. The third-order valence-corrected chi connectivity index (χ3v) is 6.11. The van der Waals surface area contributed by atoms with Gasteiger partial charge in [-0.2, -0.15) is 0 Å². The van der Waals surface area contributed by atoms with Gasteiger partial charge in [0.15, 0.2) is 0 Å². The molecule has 3 nitrogen and oxygen atoms in total. The molecule has 6 heteroatoms. The molecule has 0 aromatic heterocycles. The predicted molar refractivity (Wildman–Crippen MR) is 110 cm³/mol. The van der Waals surface area contributed by atoms with Crippen LogP contribution in [-0.4, -0.2) is 41.1 Å². The van der Waals surface area contributed by atoms with Crippen LogP contribution in [0.5, 0.6) is 0 Å². The second-order valence-electron chi connectivity index (χ2n) is 7.06. The zero-order chi connectivity index (χ0) is 19.9. The molecule has 0 N–H and O–H groups in total. The van der Waals surface area contributed by atoms with Crippen LogP contribution < -0.4 is 0 Å². The molecule has 1 aliphatic rings. The van der Waals surface area contributed by atoms with Gasteiger partial charge in [-0.15, -0.1) is 11.8 Å². The zero-order valence-electron chi connectivity index (χ0n) is 16.1. The van der Waals surface area contributed by atoms with Crippen molar-refractivity contribution in [3.05, 3.63) is 71.3 Å². The Hall–Kier alpha value is -1.92. The third-order valence-electron chi connectivity index (χ3n) is 4.85. The highest BCUT2D eigenvalue weighted by Gasteiger charge is 2.31. The highest BCUT2D eigenvalue weighted by molar-refractivity contribution is 7.99. The average Bonchev–Trinajstić information content (AvgIpc) is 3.16. The molecule has 2 aromatic rings. The molecule has 1 saturated heterocycles. The van der Waals surface area contributed by atoms with Gasteiger partial charge in [-0.3, -0.25) is 9.69 Å². The van der Waals surface area contributed by atoms with Crippen molar-refractivity contribution < 1.29 is 13.6 Å². The molecule has 150 valence electrons. The van der Waals surface area contributed by atoms with Crippen LogP contribution >= 0.6 is 11.8 Å². The molecule has 28 heavy (non-hydrogen) atoms. The standard InChI is InChI=1S/C22H26F2N2OS/c1-2-3-11-25(15-17-5-4-6-20(24)14-17)16-21(27)26-12-13-28-22(26)18-7-9-19(23)10-8-18/h4-10,14,22H,2-3,11-13,15-16H2,1H3/t22-/m1/s1. The average molecular weight is 405 g/mol. The first kappa shape index (κ1) is 20.8. The summed E-state index contributed by atoms with van der Waals surface area (Å²) in [7, 11) is 0. The fraction of sp³-hybridized carbons (Fsp3) is 0.409. The van der Waals surface area contributed by atoms with E-state index in [4.69, 9.17) is 0 Å². The van der Waals surface area contributed by atoms with E-state index < -0.39 is 0 Å². The van der Waals surface area contributed by atoms with E-state index in [-0.39, 0.29) is 22.9 Å². The highest BCUT2D eigenvalue weighted by atomic mass is 32.2. The van der Waals surface area contributed by atoms with Crippen molar-refractivity contribution in [2.45, 2.75) is 31.7 Å². The van der Waals surface area contributed by atoms with Crippen molar-refractivity contribution in [2.24, 2.45) is 0 Å². The van der Waals surface area contributed by atoms with E-state index in [1.165, 1.54) is 24.3 Å². The Morgan fingerprint density at radius 2 is 1.96 bits per heavy atom. The van der Waals surface area contributed by atoms with Gasteiger partial charge >= 0.3 is 0 Å². The number of halogens is 2. The smallest absolute Gasteiger partial charge is 0.237 e. The number of carbonyl (C=O) groups excluding carboxylic acids is 1. The molecule has 1 heterocycles. The minimum Gasteiger partial charge on any atom is -0.325 e. The molecule has 1 atom stereocenters. The van der Waals surface area contributed by atoms with E-state index in [0.29, 0.717) is 19.6 Å². The number of benzene rings is 2. The predicted octanol–water partition coefficient (Wildman–Crippen LogP) is 4.84. The lowest BCUT2D eigenvalue weighted by atomic mass is 10.2. The zero-order valence-corrected chi connectivity index (χ0v) is 16.9. The Morgan fingerprint density at radius 1 is 1.18 bits per heavy atom. The molecule has 0 saturated carbocycles. The van der Waals surface area contributed by atoms with Crippen LogP contribution in [0.4, 0.5) is 8.78 Å². The Morgan fingerprint density at radius 3 is 2.68 bits per heavy atom. The summed E-state index contributed by atoms with van der Waals surface area (Å²) in [6.45, 7) is 4.44. The van der Waals surface area contributed by atoms with Crippen LogP contribution in [0.1, 0.15) is 36.3 Å². The quantitative estimate of drug-likeness (QED) is 0.629. The molecule has 1 aliphatic heterocycles. The SMILES string of the molecule is CCCCN(CC(=O)N1CCS[C@@H]1c1ccc(F)cc1)Cc1cccc(F)c1. The van der Waals surface area contributed by atoms with Gasteiger partial charge in [0, 0.05) is 18.8 Å². The topological polar surface area (TPSA) is 23.6 Å². The largest absolute Gasteiger partial charge is 0.325 e. The summed E-state index contributed by atoms with van der Waals surface area (Å²) in [4.78, 5) is 17.0. The number of hydrogen-bond acceptors (Lipinski definition) is 3. The molecule has 0 unspecified atom stereocenters. The molecule has 0 radical (unpaired) electrons. The van der Waals surface area contributed by atoms with Gasteiger partial charge in [0.2, 0.25) is 5.91 Å². The monoisotopic (exact) mass is 404 g/mol. The molecule has 0 spiro atoms. The van der Waals surface area contributed by atoms with Gasteiger partial charge in [-0.05, 0) is 48.4 Å². The van der Waals surface area contributed by atoms with E-state index in [0.717, 1.165) is 36.3 Å². The fourth-order valence-electron chi connectivity index (χ4n) is 3.40. The molecule has 3 rings (SSSR count). The maximum Gasteiger partial charge on any atom is 0.237 e. The van der Waals surface area contributed by atoms with Gasteiger partial charge in [0.05, 0.1) is 6.54 Å². The van der Waals surface area contributed by atoms with Crippen LogP contribution in [0.3, 0.4) is 0 Å². The second-order valence-corrected chi connectivity index (χ2v) is 8.24. The fourth-order valence-corrected chi connectivity index (χ4v) is 4.68. The van der Waals surface area contributed by atoms with Crippen molar-refractivity contribution in [3.63, 3.8) is 0 Å². The highest BCUT2D eigenvalue weighted by Crippen LogP contribution is 2.37. The number of thioether (sulfide) groups is 1. The number of carbonyl (C=O) groups is 1. The summed E-state index contributed by atoms with van der Waals surface area (Å²) >= 11 is 1.70.